The molecule has 0 aromatic carbocycles. The number of nitrogens with zero attached hydrogens (tertiary/aromatic N) is 4. The summed E-state index contributed by atoms with van der Waals surface area (Å²) < 4.78 is 35.3. The maximum Gasteiger partial charge on any atom is 0.498 e. The molecule has 0 bridgehead atoms. The summed E-state index contributed by atoms with van der Waals surface area (Å²) in [5.41, 5.74) is 6.17. The van der Waals surface area contributed by atoms with Gasteiger partial charge >= 0.3 is 11.9 Å². The van der Waals surface area contributed by atoms with E-state index in [1.807, 2.05) is 4.79 Å². The van der Waals surface area contributed by atoms with Gasteiger partial charge in [-0.15, -0.1) is 0 Å². The van der Waals surface area contributed by atoms with Crippen LogP contribution in [0.5, 0.6) is 0 Å². The highest BCUT2D eigenvalue weighted by atomic mass is 19.4. The lowest BCUT2D eigenvalue weighted by Gasteiger charge is -1.97. The summed E-state index contributed by atoms with van der Waals surface area (Å²) in [5, 5.41) is 19.4. The van der Waals surface area contributed by atoms with E-state index >= 15 is 0 Å². The van der Waals surface area contributed by atoms with Crippen LogP contribution in [0.4, 0.5) is 13.2 Å². The number of carboxylic acids is 1. The Kier molecular flexibility index (Phi) is 13.1. The number of hydrogen-bond donors (Lipinski definition) is 1. The number of carbonyl (C=O) groups excluding carboxylic acids is 1. The molecule has 0 aliphatic carbocycles. The van der Waals surface area contributed by atoms with E-state index < -0.39 is 23.6 Å². The molecule has 0 radical (unpaired) electrons. The molecule has 0 aliphatic heterocycles. The van der Waals surface area contributed by atoms with Crippen molar-refractivity contribution in [2.75, 3.05) is 0 Å². The largest absolute Gasteiger partial charge is 0.498 e. The number of Topliss-reactive ketones (excluding diaryl/α,β-unsaturated/α-hetero) is 1. The lowest BCUT2D eigenvalue weighted by molar-refractivity contribution is -0.136. The summed E-state index contributed by atoms with van der Waals surface area (Å²) in [6.45, 7) is 2.64. The molecule has 0 atom stereocenters. The van der Waals surface area contributed by atoms with Crippen molar-refractivity contribution in [3.8, 4) is 0 Å². The van der Waals surface area contributed by atoms with Crippen LogP contribution in [0.1, 0.15) is 26.7 Å². The fourth-order valence-electron chi connectivity index (χ4n) is 0.616. The van der Waals surface area contributed by atoms with Crippen LogP contribution >= 0.6 is 0 Å². The second-order valence-corrected chi connectivity index (χ2v) is 2.64. The van der Waals surface area contributed by atoms with Gasteiger partial charge < -0.3 is 10.6 Å². The summed E-state index contributed by atoms with van der Waals surface area (Å²) in [5.74, 6) is -2.02. The fraction of sp³-hybridized carbons (Fsp3) is 0.625. The molecule has 0 rings (SSSR count). The average molecular weight is 268 g/mol. The van der Waals surface area contributed by atoms with Crippen molar-refractivity contribution >= 4 is 17.5 Å². The fourth-order valence-corrected chi connectivity index (χ4v) is 0.616. The predicted octanol–water partition coefficient (Wildman–Crippen LogP) is 1.71. The van der Waals surface area contributed by atoms with Gasteiger partial charge in [-0.05, 0) is 6.42 Å². The van der Waals surface area contributed by atoms with Crippen LogP contribution in [0, 0.1) is 10.8 Å². The Morgan fingerprint density at radius 3 is 1.83 bits per heavy atom. The molecule has 0 fully saturated rings. The Bertz CT molecular complexity index is 341. The van der Waals surface area contributed by atoms with Crippen molar-refractivity contribution in [2.45, 2.75) is 32.9 Å². The van der Waals surface area contributed by atoms with Crippen molar-refractivity contribution in [2.24, 2.45) is 0 Å². The molecule has 18 heavy (non-hydrogen) atoms. The number of rotatable bonds is 3. The number of hydrogen-bond acceptors (Lipinski definition) is 4. The third-order valence-corrected chi connectivity index (χ3v) is 1.11. The first-order valence-corrected chi connectivity index (χ1v) is 4.38. The van der Waals surface area contributed by atoms with Crippen LogP contribution in [0.2, 0.25) is 0 Å². The Morgan fingerprint density at radius 1 is 1.33 bits per heavy atom. The molecule has 0 heterocycles. The zero-order valence-corrected chi connectivity index (χ0v) is 9.60. The lowest BCUT2D eigenvalue weighted by atomic mass is 10.1. The van der Waals surface area contributed by atoms with E-state index in [1.165, 1.54) is 0 Å². The van der Waals surface area contributed by atoms with E-state index in [-0.39, 0.29) is 12.8 Å². The number of halogens is 3. The summed E-state index contributed by atoms with van der Waals surface area (Å²) in [6, 6.07) is 0. The van der Waals surface area contributed by atoms with Gasteiger partial charge in [0.05, 0.1) is 0 Å². The zero-order valence-electron chi connectivity index (χ0n) is 9.60. The van der Waals surface area contributed by atoms with Gasteiger partial charge in [-0.1, -0.05) is 6.92 Å². The van der Waals surface area contributed by atoms with E-state index in [4.69, 9.17) is 26.2 Å². The average Bonchev–Trinajstić information content (AvgIpc) is 2.19. The SMILES string of the molecule is CC(=O)O.CCCC(=O)C(=[N+]=[N-])C(F)(F)F.N#N. The van der Waals surface area contributed by atoms with Crippen LogP contribution in [-0.2, 0) is 9.59 Å². The van der Waals surface area contributed by atoms with Gasteiger partial charge in [-0.2, -0.15) is 18.0 Å². The number of carboxylic acid groups (broad SMARTS) is 1. The molecule has 0 aliphatic rings. The summed E-state index contributed by atoms with van der Waals surface area (Å²) in [4.78, 5) is 21.5. The predicted molar refractivity (Wildman–Crippen MR) is 51.4 cm³/mol. The van der Waals surface area contributed by atoms with Crippen molar-refractivity contribution in [3.05, 3.63) is 5.53 Å². The Labute approximate surface area is 100 Å². The highest BCUT2D eigenvalue weighted by Gasteiger charge is 2.48. The van der Waals surface area contributed by atoms with E-state index in [9.17, 15) is 18.0 Å². The molecule has 0 spiro atoms. The molecular formula is C8H11F3N4O3. The third-order valence-electron chi connectivity index (χ3n) is 1.11. The minimum absolute atomic E-state index is 0.265. The second kappa shape index (κ2) is 11.2. The minimum atomic E-state index is -4.86. The van der Waals surface area contributed by atoms with Crippen LogP contribution in [0.25, 0.3) is 5.53 Å². The van der Waals surface area contributed by atoms with E-state index in [0.29, 0.717) is 0 Å². The van der Waals surface area contributed by atoms with Crippen molar-refractivity contribution < 1.29 is 32.7 Å². The molecule has 7 nitrogen and oxygen atoms in total. The van der Waals surface area contributed by atoms with Crippen molar-refractivity contribution in [3.63, 3.8) is 0 Å². The van der Waals surface area contributed by atoms with E-state index in [2.05, 4.69) is 0 Å². The molecule has 0 aromatic heterocycles. The molecule has 0 saturated heterocycles. The highest BCUT2D eigenvalue weighted by Crippen LogP contribution is 2.17. The smallest absolute Gasteiger partial charge is 0.481 e. The first-order chi connectivity index (χ1) is 8.16. The maximum atomic E-state index is 11.8. The molecule has 0 amide bonds. The molecule has 10 heteroatoms. The number of aliphatic carboxylic acids is 1. The minimum Gasteiger partial charge on any atom is -0.481 e. The van der Waals surface area contributed by atoms with Gasteiger partial charge in [0.15, 0.2) is 0 Å². The number of alkyl halides is 3. The second-order valence-electron chi connectivity index (χ2n) is 2.64. The first-order valence-electron chi connectivity index (χ1n) is 4.38. The molecular weight excluding hydrogens is 257 g/mol. The van der Waals surface area contributed by atoms with Crippen LogP contribution in [-0.4, -0.2) is 33.5 Å². The monoisotopic (exact) mass is 268 g/mol. The van der Waals surface area contributed by atoms with Gasteiger partial charge in [0.25, 0.3) is 5.97 Å². The summed E-state index contributed by atoms with van der Waals surface area (Å²) >= 11 is 0. The molecule has 0 unspecified atom stereocenters. The van der Waals surface area contributed by atoms with Gasteiger partial charge in [-0.25, -0.2) is 0 Å². The Hall–Kier alpha value is -2.27. The molecule has 1 N–H and O–H groups in total. The van der Waals surface area contributed by atoms with Crippen molar-refractivity contribution in [1.82, 2.24) is 0 Å². The normalized spacial score (nSPS) is 8.61. The van der Waals surface area contributed by atoms with E-state index in [0.717, 1.165) is 6.92 Å². The van der Waals surface area contributed by atoms with Gasteiger partial charge in [0.2, 0.25) is 5.78 Å². The molecule has 102 valence electrons. The summed E-state index contributed by atoms with van der Waals surface area (Å²) in [6.07, 6.45) is -4.84. The van der Waals surface area contributed by atoms with Crippen LogP contribution in [0.15, 0.2) is 0 Å². The highest BCUT2D eigenvalue weighted by molar-refractivity contribution is 6.39. The summed E-state index contributed by atoms with van der Waals surface area (Å²) in [7, 11) is 0. The quantitative estimate of drug-likeness (QED) is 0.359. The number of carbonyl (C=O) groups is 2. The number of ketones is 1. The molecule has 0 saturated carbocycles. The zero-order chi connectivity index (χ0) is 15.4. The Balaban J connectivity index is -0.000000317. The topological polar surface area (TPSA) is 138 Å². The third kappa shape index (κ3) is 13.7. The standard InChI is InChI=1S/C6H7F3N2O.C2H4O2.N2/c1-2-3-4(12)5(11-10)6(7,8)9;1-2(3)4;1-2/h2-3H2,1H3;1H3,(H,3,4);. The molecule has 0 aromatic rings. The maximum absolute atomic E-state index is 11.8. The van der Waals surface area contributed by atoms with Gasteiger partial charge in [-0.3, -0.25) is 9.59 Å². The van der Waals surface area contributed by atoms with Crippen molar-refractivity contribution in [1.29, 1.82) is 10.8 Å². The van der Waals surface area contributed by atoms with E-state index in [1.54, 1.807) is 6.92 Å². The van der Waals surface area contributed by atoms with Crippen LogP contribution < -0.4 is 0 Å². The first kappa shape index (κ1) is 21.1. The Morgan fingerprint density at radius 2 is 1.67 bits per heavy atom. The van der Waals surface area contributed by atoms with Crippen LogP contribution in [0.3, 0.4) is 0 Å². The van der Waals surface area contributed by atoms with Gasteiger partial charge in [0, 0.05) is 24.1 Å². The lowest BCUT2D eigenvalue weighted by Crippen LogP contribution is -2.31. The van der Waals surface area contributed by atoms with Gasteiger partial charge in [0.1, 0.15) is 0 Å².